The van der Waals surface area contributed by atoms with Crippen molar-refractivity contribution in [2.45, 2.75) is 6.10 Å². The van der Waals surface area contributed by atoms with E-state index in [9.17, 15) is 0 Å². The molecule has 0 aliphatic carbocycles. The molecule has 102 valence electrons. The molecule has 0 aliphatic rings. The van der Waals surface area contributed by atoms with E-state index in [1.165, 1.54) is 5.39 Å². The predicted molar refractivity (Wildman–Crippen MR) is 79.6 cm³/mol. The molecule has 1 heterocycles. The molecule has 3 rings (SSSR count). The van der Waals surface area contributed by atoms with E-state index in [1.54, 1.807) is 10.9 Å². The van der Waals surface area contributed by atoms with Crippen LogP contribution in [0.1, 0.15) is 11.7 Å². The van der Waals surface area contributed by atoms with Crippen LogP contribution in [-0.4, -0.2) is 16.3 Å². The number of hydrogen-bond acceptors (Lipinski definition) is 3. The molecule has 2 aromatic carbocycles. The molecule has 0 radical (unpaired) electrons. The van der Waals surface area contributed by atoms with E-state index in [0.29, 0.717) is 6.54 Å². The summed E-state index contributed by atoms with van der Waals surface area (Å²) in [6.45, 7) is 0.415. The van der Waals surface area contributed by atoms with Gasteiger partial charge in [-0.2, -0.15) is 5.10 Å². The molecule has 0 amide bonds. The molecular weight excluding hydrogens is 250 g/mol. The highest BCUT2D eigenvalue weighted by Gasteiger charge is 2.13. The van der Waals surface area contributed by atoms with Crippen LogP contribution in [0, 0.1) is 0 Å². The number of rotatable bonds is 4. The van der Waals surface area contributed by atoms with Crippen molar-refractivity contribution >= 4 is 10.8 Å². The van der Waals surface area contributed by atoms with Crippen LogP contribution in [0.2, 0.25) is 0 Å². The summed E-state index contributed by atoms with van der Waals surface area (Å²) in [5.41, 5.74) is 6.80. The molecule has 1 atom stereocenters. The summed E-state index contributed by atoms with van der Waals surface area (Å²) >= 11 is 0. The Bertz CT molecular complexity index is 720. The highest BCUT2D eigenvalue weighted by atomic mass is 16.5. The molecule has 0 aliphatic heterocycles. The normalized spacial score (nSPS) is 12.5. The first-order chi connectivity index (χ1) is 9.76. The number of nitrogens with two attached hydrogens (primary N) is 1. The fraction of sp³-hybridized carbons (Fsp3) is 0.188. The Kier molecular flexibility index (Phi) is 3.39. The molecule has 4 heteroatoms. The number of benzene rings is 2. The van der Waals surface area contributed by atoms with Gasteiger partial charge in [0.25, 0.3) is 0 Å². The predicted octanol–water partition coefficient (Wildman–Crippen LogP) is 2.65. The third-order valence-corrected chi connectivity index (χ3v) is 3.31. The van der Waals surface area contributed by atoms with Crippen LogP contribution in [0.3, 0.4) is 0 Å². The fourth-order valence-electron chi connectivity index (χ4n) is 2.26. The molecule has 0 bridgehead atoms. The van der Waals surface area contributed by atoms with E-state index < -0.39 is 0 Å². The van der Waals surface area contributed by atoms with Crippen LogP contribution in [0.15, 0.2) is 54.9 Å². The second-order valence-corrected chi connectivity index (χ2v) is 4.80. The topological polar surface area (TPSA) is 53.1 Å². The number of fused-ring (bicyclic) bond motifs is 1. The minimum absolute atomic E-state index is 0.176. The van der Waals surface area contributed by atoms with E-state index in [2.05, 4.69) is 23.3 Å². The molecule has 1 unspecified atom stereocenters. The van der Waals surface area contributed by atoms with Crippen LogP contribution < -0.4 is 10.5 Å². The SMILES string of the molecule is Cn1cc(C(CN)Oc2ccc3ccccc3c2)cn1. The zero-order valence-electron chi connectivity index (χ0n) is 11.4. The first-order valence-corrected chi connectivity index (χ1v) is 6.60. The molecule has 0 fully saturated rings. The quantitative estimate of drug-likeness (QED) is 0.790. The van der Waals surface area contributed by atoms with Gasteiger partial charge in [0.05, 0.1) is 6.20 Å². The Balaban J connectivity index is 1.87. The molecule has 1 aromatic heterocycles. The summed E-state index contributed by atoms with van der Waals surface area (Å²) in [5.74, 6) is 0.822. The molecule has 3 aromatic rings. The number of aryl methyl sites for hydroxylation is 1. The van der Waals surface area contributed by atoms with Crippen molar-refractivity contribution in [1.29, 1.82) is 0 Å². The zero-order valence-corrected chi connectivity index (χ0v) is 11.4. The molecule has 0 saturated heterocycles. The van der Waals surface area contributed by atoms with Gasteiger partial charge in [0, 0.05) is 25.4 Å². The average Bonchev–Trinajstić information content (AvgIpc) is 2.91. The lowest BCUT2D eigenvalue weighted by atomic mass is 10.1. The highest BCUT2D eigenvalue weighted by Crippen LogP contribution is 2.25. The van der Waals surface area contributed by atoms with Crippen LogP contribution in [-0.2, 0) is 7.05 Å². The van der Waals surface area contributed by atoms with Gasteiger partial charge in [-0.25, -0.2) is 0 Å². The van der Waals surface area contributed by atoms with Gasteiger partial charge in [-0.15, -0.1) is 0 Å². The van der Waals surface area contributed by atoms with Crippen molar-refractivity contribution in [3.8, 4) is 5.75 Å². The summed E-state index contributed by atoms with van der Waals surface area (Å²) < 4.78 is 7.74. The smallest absolute Gasteiger partial charge is 0.139 e. The van der Waals surface area contributed by atoms with Crippen molar-refractivity contribution in [2.75, 3.05) is 6.54 Å². The minimum Gasteiger partial charge on any atom is -0.484 e. The van der Waals surface area contributed by atoms with Gasteiger partial charge in [0.1, 0.15) is 11.9 Å². The van der Waals surface area contributed by atoms with Gasteiger partial charge in [0.15, 0.2) is 0 Å². The Morgan fingerprint density at radius 1 is 1.20 bits per heavy atom. The summed E-state index contributed by atoms with van der Waals surface area (Å²) in [5, 5.41) is 6.52. The van der Waals surface area contributed by atoms with Crippen molar-refractivity contribution in [2.24, 2.45) is 12.8 Å². The Hall–Kier alpha value is -2.33. The van der Waals surface area contributed by atoms with Crippen LogP contribution in [0.5, 0.6) is 5.75 Å². The minimum atomic E-state index is -0.176. The maximum atomic E-state index is 5.99. The third kappa shape index (κ3) is 2.51. The van der Waals surface area contributed by atoms with E-state index in [0.717, 1.165) is 16.7 Å². The average molecular weight is 267 g/mol. The largest absolute Gasteiger partial charge is 0.484 e. The van der Waals surface area contributed by atoms with E-state index in [-0.39, 0.29) is 6.10 Å². The van der Waals surface area contributed by atoms with Crippen molar-refractivity contribution < 1.29 is 4.74 Å². The second-order valence-electron chi connectivity index (χ2n) is 4.80. The zero-order chi connectivity index (χ0) is 13.9. The van der Waals surface area contributed by atoms with E-state index >= 15 is 0 Å². The molecular formula is C16H17N3O. The molecule has 2 N–H and O–H groups in total. The molecule has 0 saturated carbocycles. The molecule has 0 spiro atoms. The summed E-state index contributed by atoms with van der Waals surface area (Å²) in [6.07, 6.45) is 3.54. The van der Waals surface area contributed by atoms with Crippen LogP contribution >= 0.6 is 0 Å². The lowest BCUT2D eigenvalue weighted by Gasteiger charge is -2.16. The first kappa shape index (κ1) is 12.7. The van der Waals surface area contributed by atoms with Gasteiger partial charge in [0.2, 0.25) is 0 Å². The molecule has 4 nitrogen and oxygen atoms in total. The van der Waals surface area contributed by atoms with Crippen molar-refractivity contribution in [3.63, 3.8) is 0 Å². The van der Waals surface area contributed by atoms with Crippen LogP contribution in [0.25, 0.3) is 10.8 Å². The van der Waals surface area contributed by atoms with Gasteiger partial charge < -0.3 is 10.5 Å². The van der Waals surface area contributed by atoms with Crippen molar-refractivity contribution in [3.05, 3.63) is 60.4 Å². The summed E-state index contributed by atoms with van der Waals surface area (Å²) in [6, 6.07) is 14.3. The number of aromatic nitrogens is 2. The first-order valence-electron chi connectivity index (χ1n) is 6.60. The fourth-order valence-corrected chi connectivity index (χ4v) is 2.26. The van der Waals surface area contributed by atoms with Gasteiger partial charge in [-0.1, -0.05) is 30.3 Å². The number of nitrogens with zero attached hydrogens (tertiary/aromatic N) is 2. The Morgan fingerprint density at radius 3 is 2.70 bits per heavy atom. The maximum Gasteiger partial charge on any atom is 0.139 e. The van der Waals surface area contributed by atoms with E-state index in [4.69, 9.17) is 10.5 Å². The van der Waals surface area contributed by atoms with Crippen LogP contribution in [0.4, 0.5) is 0 Å². The third-order valence-electron chi connectivity index (χ3n) is 3.31. The summed E-state index contributed by atoms with van der Waals surface area (Å²) in [7, 11) is 1.88. The molecule has 20 heavy (non-hydrogen) atoms. The Morgan fingerprint density at radius 2 is 2.00 bits per heavy atom. The second kappa shape index (κ2) is 5.35. The van der Waals surface area contributed by atoms with Gasteiger partial charge in [-0.05, 0) is 22.9 Å². The van der Waals surface area contributed by atoms with E-state index in [1.807, 2.05) is 37.5 Å². The standard InChI is InChI=1S/C16H17N3O/c1-19-11-14(10-18-19)16(9-17)20-15-7-6-12-4-2-3-5-13(12)8-15/h2-8,10-11,16H,9,17H2,1H3. The van der Waals surface area contributed by atoms with Gasteiger partial charge in [-0.3, -0.25) is 4.68 Å². The lowest BCUT2D eigenvalue weighted by Crippen LogP contribution is -2.18. The maximum absolute atomic E-state index is 5.99. The summed E-state index contributed by atoms with van der Waals surface area (Å²) in [4.78, 5) is 0. The van der Waals surface area contributed by atoms with Crippen molar-refractivity contribution in [1.82, 2.24) is 9.78 Å². The van der Waals surface area contributed by atoms with Gasteiger partial charge >= 0.3 is 0 Å². The highest BCUT2D eigenvalue weighted by molar-refractivity contribution is 5.83. The number of ether oxygens (including phenoxy) is 1. The monoisotopic (exact) mass is 267 g/mol. The number of hydrogen-bond donors (Lipinski definition) is 1. The lowest BCUT2D eigenvalue weighted by molar-refractivity contribution is 0.214. The Labute approximate surface area is 117 Å².